The molecule has 2 aromatic rings. The van der Waals surface area contributed by atoms with E-state index < -0.39 is 17.4 Å². The molecule has 0 fully saturated rings. The summed E-state index contributed by atoms with van der Waals surface area (Å²) in [5.74, 6) is -0.621. The minimum Gasteiger partial charge on any atom is -0.325 e. The monoisotopic (exact) mass is 372 g/mol. The largest absolute Gasteiger partial charge is 0.325 e. The van der Waals surface area contributed by atoms with E-state index in [1.807, 2.05) is 32.0 Å². The zero-order chi connectivity index (χ0) is 18.7. The molecule has 1 aromatic carbocycles. The van der Waals surface area contributed by atoms with E-state index in [4.69, 9.17) is 0 Å². The third-order valence-corrected chi connectivity index (χ3v) is 5.17. The van der Waals surface area contributed by atoms with Crippen molar-refractivity contribution in [3.05, 3.63) is 45.7 Å². The van der Waals surface area contributed by atoms with Gasteiger partial charge in [-0.05, 0) is 25.0 Å². The second-order valence-electron chi connectivity index (χ2n) is 6.09. The number of benzene rings is 1. The molecule has 1 aliphatic rings. The minimum absolute atomic E-state index is 0.0864. The van der Waals surface area contributed by atoms with Crippen LogP contribution in [0, 0.1) is 6.92 Å². The lowest BCUT2D eigenvalue weighted by Gasteiger charge is -2.23. The van der Waals surface area contributed by atoms with Crippen LogP contribution < -0.4 is 16.2 Å². The summed E-state index contributed by atoms with van der Waals surface area (Å²) in [5.41, 5.74) is 1.37. The summed E-state index contributed by atoms with van der Waals surface area (Å²) in [4.78, 5) is 44.4. The highest BCUT2D eigenvalue weighted by Gasteiger charge is 2.34. The third kappa shape index (κ3) is 3.80. The number of carbonyl (C=O) groups is 2. The molecule has 2 heterocycles. The van der Waals surface area contributed by atoms with Crippen molar-refractivity contribution in [1.82, 2.24) is 9.97 Å². The van der Waals surface area contributed by atoms with Crippen LogP contribution in [0.2, 0.25) is 0 Å². The Morgan fingerprint density at radius 3 is 2.85 bits per heavy atom. The summed E-state index contributed by atoms with van der Waals surface area (Å²) in [5, 5.41) is 5.87. The SMILES string of the molecule is CCCSc1nc2c(c(=O)[nH]1)[C@@H](C(=O)Nc1ccccc1C)CC(=O)N2. The fourth-order valence-electron chi connectivity index (χ4n) is 2.77. The lowest BCUT2D eigenvalue weighted by atomic mass is 9.92. The van der Waals surface area contributed by atoms with E-state index in [0.29, 0.717) is 10.8 Å². The molecule has 0 bridgehead atoms. The van der Waals surface area contributed by atoms with Crippen molar-refractivity contribution in [3.8, 4) is 0 Å². The van der Waals surface area contributed by atoms with Gasteiger partial charge in [0.15, 0.2) is 5.16 Å². The Kier molecular flexibility index (Phi) is 5.41. The number of thioether (sulfide) groups is 1. The van der Waals surface area contributed by atoms with E-state index in [0.717, 1.165) is 17.7 Å². The maximum atomic E-state index is 12.8. The van der Waals surface area contributed by atoms with E-state index in [1.165, 1.54) is 11.8 Å². The molecule has 1 atom stereocenters. The smallest absolute Gasteiger partial charge is 0.257 e. The lowest BCUT2D eigenvalue weighted by molar-refractivity contribution is -0.123. The van der Waals surface area contributed by atoms with Crippen LogP contribution >= 0.6 is 11.8 Å². The van der Waals surface area contributed by atoms with E-state index in [9.17, 15) is 14.4 Å². The van der Waals surface area contributed by atoms with Crippen molar-refractivity contribution in [2.75, 3.05) is 16.4 Å². The molecule has 0 saturated carbocycles. The molecule has 7 nitrogen and oxygen atoms in total. The highest BCUT2D eigenvalue weighted by Crippen LogP contribution is 2.30. The van der Waals surface area contributed by atoms with Crippen molar-refractivity contribution in [3.63, 3.8) is 0 Å². The number of nitrogens with zero attached hydrogens (tertiary/aromatic N) is 1. The topological polar surface area (TPSA) is 104 Å². The van der Waals surface area contributed by atoms with Crippen molar-refractivity contribution < 1.29 is 9.59 Å². The summed E-state index contributed by atoms with van der Waals surface area (Å²) in [6, 6.07) is 7.35. The van der Waals surface area contributed by atoms with Crippen molar-refractivity contribution in [1.29, 1.82) is 0 Å². The fraction of sp³-hybridized carbons (Fsp3) is 0.333. The van der Waals surface area contributed by atoms with E-state index in [2.05, 4.69) is 20.6 Å². The molecule has 1 aliphatic heterocycles. The second-order valence-corrected chi connectivity index (χ2v) is 7.17. The highest BCUT2D eigenvalue weighted by molar-refractivity contribution is 7.99. The first kappa shape index (κ1) is 18.2. The standard InChI is InChI=1S/C18H20N4O3S/c1-3-8-26-18-21-15-14(17(25)22-18)11(9-13(23)20-15)16(24)19-12-7-5-4-6-10(12)2/h4-7,11H,3,8-9H2,1-2H3,(H,19,24)(H2,20,21,22,23,25)/t11-/m0/s1. The Labute approximate surface area is 155 Å². The average Bonchev–Trinajstić information content (AvgIpc) is 2.60. The molecule has 26 heavy (non-hydrogen) atoms. The quantitative estimate of drug-likeness (QED) is 0.553. The number of H-pyrrole nitrogens is 1. The van der Waals surface area contributed by atoms with Gasteiger partial charge < -0.3 is 15.6 Å². The number of carbonyl (C=O) groups excluding carboxylic acids is 2. The van der Waals surface area contributed by atoms with Crippen LogP contribution in [-0.2, 0) is 9.59 Å². The Morgan fingerprint density at radius 1 is 1.35 bits per heavy atom. The van der Waals surface area contributed by atoms with Gasteiger partial charge in [0.1, 0.15) is 5.82 Å². The Balaban J connectivity index is 1.93. The number of hydrogen-bond acceptors (Lipinski definition) is 5. The number of aryl methyl sites for hydroxylation is 1. The number of rotatable bonds is 5. The van der Waals surface area contributed by atoms with Crippen LogP contribution in [0.3, 0.4) is 0 Å². The Bertz CT molecular complexity index is 910. The van der Waals surface area contributed by atoms with Gasteiger partial charge >= 0.3 is 0 Å². The summed E-state index contributed by atoms with van der Waals surface area (Å²) in [6.45, 7) is 3.90. The molecule has 8 heteroatoms. The highest BCUT2D eigenvalue weighted by atomic mass is 32.2. The van der Waals surface area contributed by atoms with Gasteiger partial charge in [-0.15, -0.1) is 0 Å². The molecule has 0 spiro atoms. The van der Waals surface area contributed by atoms with Crippen LogP contribution in [0.25, 0.3) is 0 Å². The first-order valence-electron chi connectivity index (χ1n) is 8.43. The van der Waals surface area contributed by atoms with Gasteiger partial charge in [0, 0.05) is 17.9 Å². The predicted molar refractivity (Wildman–Crippen MR) is 102 cm³/mol. The van der Waals surface area contributed by atoms with Gasteiger partial charge in [0.05, 0.1) is 11.5 Å². The van der Waals surface area contributed by atoms with Crippen molar-refractivity contribution in [2.24, 2.45) is 0 Å². The number of aromatic amines is 1. The zero-order valence-corrected chi connectivity index (χ0v) is 15.4. The van der Waals surface area contributed by atoms with Crippen LogP contribution in [0.5, 0.6) is 0 Å². The summed E-state index contributed by atoms with van der Waals surface area (Å²) >= 11 is 1.40. The van der Waals surface area contributed by atoms with Gasteiger partial charge in [-0.3, -0.25) is 14.4 Å². The first-order valence-corrected chi connectivity index (χ1v) is 9.41. The van der Waals surface area contributed by atoms with Crippen LogP contribution in [-0.4, -0.2) is 27.5 Å². The Morgan fingerprint density at radius 2 is 2.12 bits per heavy atom. The molecular weight excluding hydrogens is 352 g/mol. The van der Waals surface area contributed by atoms with Gasteiger partial charge in [0.25, 0.3) is 5.56 Å². The number of fused-ring (bicyclic) bond motifs is 1. The van der Waals surface area contributed by atoms with E-state index in [1.54, 1.807) is 6.07 Å². The van der Waals surface area contributed by atoms with Crippen molar-refractivity contribution in [2.45, 2.75) is 37.8 Å². The molecule has 3 rings (SSSR count). The molecule has 0 unspecified atom stereocenters. The maximum absolute atomic E-state index is 12.8. The predicted octanol–water partition coefficient (Wildman–Crippen LogP) is 2.64. The van der Waals surface area contributed by atoms with Gasteiger partial charge in [-0.2, -0.15) is 0 Å². The van der Waals surface area contributed by atoms with Crippen molar-refractivity contribution >= 4 is 35.1 Å². The molecule has 0 radical (unpaired) electrons. The summed E-state index contributed by atoms with van der Waals surface area (Å²) in [7, 11) is 0. The van der Waals surface area contributed by atoms with Gasteiger partial charge in [-0.1, -0.05) is 36.9 Å². The van der Waals surface area contributed by atoms with Crippen LogP contribution in [0.4, 0.5) is 11.5 Å². The summed E-state index contributed by atoms with van der Waals surface area (Å²) < 4.78 is 0. The Hall–Kier alpha value is -2.61. The van der Waals surface area contributed by atoms with Crippen LogP contribution in [0.1, 0.15) is 36.8 Å². The molecule has 136 valence electrons. The second kappa shape index (κ2) is 7.74. The molecule has 1 aromatic heterocycles. The molecular formula is C18H20N4O3S. The molecule has 2 amide bonds. The van der Waals surface area contributed by atoms with E-state index >= 15 is 0 Å². The molecule has 0 saturated heterocycles. The first-order chi connectivity index (χ1) is 12.5. The minimum atomic E-state index is -0.875. The zero-order valence-electron chi connectivity index (χ0n) is 14.6. The summed E-state index contributed by atoms with van der Waals surface area (Å²) in [6.07, 6.45) is 0.843. The normalized spacial score (nSPS) is 15.9. The lowest BCUT2D eigenvalue weighted by Crippen LogP contribution is -2.36. The average molecular weight is 372 g/mol. The van der Waals surface area contributed by atoms with E-state index in [-0.39, 0.29) is 23.7 Å². The number of amides is 2. The van der Waals surface area contributed by atoms with Gasteiger partial charge in [-0.25, -0.2) is 4.98 Å². The molecule has 3 N–H and O–H groups in total. The van der Waals surface area contributed by atoms with Crippen LogP contribution in [0.15, 0.2) is 34.2 Å². The third-order valence-electron chi connectivity index (χ3n) is 4.09. The maximum Gasteiger partial charge on any atom is 0.257 e. The molecule has 0 aliphatic carbocycles. The number of nitrogens with one attached hydrogen (secondary N) is 3. The van der Waals surface area contributed by atoms with Gasteiger partial charge in [0.2, 0.25) is 11.8 Å². The number of hydrogen-bond donors (Lipinski definition) is 3. The fourth-order valence-corrected chi connectivity index (χ4v) is 3.49. The number of aromatic nitrogens is 2. The number of anilines is 2. The number of para-hydroxylation sites is 1.